The van der Waals surface area contributed by atoms with Crippen LogP contribution < -0.4 is 21.1 Å². The van der Waals surface area contributed by atoms with E-state index in [-0.39, 0.29) is 29.5 Å². The molecule has 1 aliphatic heterocycles. The van der Waals surface area contributed by atoms with E-state index in [4.69, 9.17) is 10.5 Å². The lowest BCUT2D eigenvalue weighted by molar-refractivity contribution is -0.132. The molecule has 0 aliphatic carbocycles. The summed E-state index contributed by atoms with van der Waals surface area (Å²) in [5, 5.41) is 15.6. The molecule has 3 atom stereocenters. The average Bonchev–Trinajstić information content (AvgIpc) is 3.50. The number of benzene rings is 2. The molecule has 14 heteroatoms. The van der Waals surface area contributed by atoms with Gasteiger partial charge in [0.15, 0.2) is 0 Å². The van der Waals surface area contributed by atoms with Gasteiger partial charge in [0, 0.05) is 30.6 Å². The summed E-state index contributed by atoms with van der Waals surface area (Å²) < 4.78 is 33.7. The Morgan fingerprint density at radius 1 is 1.09 bits per heavy atom. The van der Waals surface area contributed by atoms with Crippen LogP contribution in [0.5, 0.6) is 0 Å². The first-order chi connectivity index (χ1) is 20.7. The fourth-order valence-electron chi connectivity index (χ4n) is 4.43. The van der Waals surface area contributed by atoms with Gasteiger partial charge in [0.25, 0.3) is 5.91 Å². The number of nitrogens with zero attached hydrogens (tertiary/aromatic N) is 1. The predicted molar refractivity (Wildman–Crippen MR) is 170 cm³/mol. The molecule has 0 saturated carbocycles. The highest BCUT2D eigenvalue weighted by Crippen LogP contribution is 2.18. The van der Waals surface area contributed by atoms with Gasteiger partial charge in [0.05, 0.1) is 10.8 Å². The number of carbonyl (C=O) groups excluding carboxylic acids is 3. The van der Waals surface area contributed by atoms with Crippen molar-refractivity contribution < 1.29 is 32.6 Å². The van der Waals surface area contributed by atoms with Gasteiger partial charge in [-0.05, 0) is 70.2 Å². The summed E-state index contributed by atoms with van der Waals surface area (Å²) in [5.74, 6) is 0.461. The van der Waals surface area contributed by atoms with E-state index in [1.54, 1.807) is 37.4 Å². The van der Waals surface area contributed by atoms with Crippen molar-refractivity contribution in [1.29, 1.82) is 0 Å². The van der Waals surface area contributed by atoms with E-state index in [2.05, 4.69) is 15.4 Å². The van der Waals surface area contributed by atoms with Crippen LogP contribution >= 0.6 is 11.8 Å². The van der Waals surface area contributed by atoms with Crippen LogP contribution in [-0.4, -0.2) is 84.8 Å². The van der Waals surface area contributed by atoms with Gasteiger partial charge in [0.2, 0.25) is 15.9 Å². The highest BCUT2D eigenvalue weighted by atomic mass is 32.2. The molecule has 0 spiro atoms. The molecule has 1 aliphatic rings. The number of nitrogens with one attached hydrogen (secondary N) is 3. The van der Waals surface area contributed by atoms with Crippen LogP contribution in [-0.2, 0) is 30.8 Å². The van der Waals surface area contributed by atoms with Gasteiger partial charge < -0.3 is 31.1 Å². The van der Waals surface area contributed by atoms with Gasteiger partial charge >= 0.3 is 6.09 Å². The second-order valence-electron chi connectivity index (χ2n) is 11.5. The van der Waals surface area contributed by atoms with Crippen LogP contribution in [0.25, 0.3) is 0 Å². The number of anilines is 1. The fraction of sp³-hybridized carbons (Fsp3) is 0.500. The topological polar surface area (TPSA) is 180 Å². The van der Waals surface area contributed by atoms with Crippen molar-refractivity contribution in [3.63, 3.8) is 0 Å². The van der Waals surface area contributed by atoms with Crippen LogP contribution in [0.4, 0.5) is 10.5 Å². The zero-order valence-corrected chi connectivity index (χ0v) is 27.0. The van der Waals surface area contributed by atoms with Gasteiger partial charge in [0.1, 0.15) is 17.7 Å². The number of rotatable bonds is 14. The first-order valence-corrected chi connectivity index (χ1v) is 17.1. The fourth-order valence-corrected chi connectivity index (χ4v) is 6.50. The minimum absolute atomic E-state index is 0.0652. The molecule has 3 rings (SSSR count). The van der Waals surface area contributed by atoms with Crippen molar-refractivity contribution in [3.8, 4) is 0 Å². The van der Waals surface area contributed by atoms with Gasteiger partial charge in [-0.2, -0.15) is 0 Å². The van der Waals surface area contributed by atoms with E-state index in [0.29, 0.717) is 31.7 Å². The molecule has 242 valence electrons. The highest BCUT2D eigenvalue weighted by molar-refractivity contribution is 7.99. The Labute approximate surface area is 263 Å². The van der Waals surface area contributed by atoms with Gasteiger partial charge in [-0.3, -0.25) is 9.59 Å². The molecule has 0 aromatic heterocycles. The number of ether oxygens (including phenoxy) is 1. The number of hydrogen-bond donors (Lipinski definition) is 5. The van der Waals surface area contributed by atoms with Crippen molar-refractivity contribution in [1.82, 2.24) is 14.9 Å². The minimum Gasteiger partial charge on any atom is -0.444 e. The first kappa shape index (κ1) is 35.3. The Balaban J connectivity index is 1.51. The normalized spacial score (nSPS) is 15.7. The third-order valence-electron chi connectivity index (χ3n) is 6.67. The smallest absolute Gasteiger partial charge is 0.408 e. The molecule has 0 bridgehead atoms. The zero-order chi connectivity index (χ0) is 32.3. The quantitative estimate of drug-likeness (QED) is 0.192. The Morgan fingerprint density at radius 2 is 1.82 bits per heavy atom. The number of nitrogens with two attached hydrogens (primary N) is 1. The molecule has 3 unspecified atom stereocenters. The number of thioether (sulfide) groups is 1. The number of alkyl carbamates (subject to hydrolysis) is 1. The molecule has 2 aromatic rings. The summed E-state index contributed by atoms with van der Waals surface area (Å²) in [6.45, 7) is 5.92. The molecule has 6 N–H and O–H groups in total. The minimum atomic E-state index is -3.92. The molecule has 1 saturated heterocycles. The predicted octanol–water partition coefficient (Wildman–Crippen LogP) is 2.43. The maximum Gasteiger partial charge on any atom is 0.408 e. The summed E-state index contributed by atoms with van der Waals surface area (Å²) in [5.41, 5.74) is 6.38. The second-order valence-corrected chi connectivity index (χ2v) is 14.4. The Bertz CT molecular complexity index is 1360. The van der Waals surface area contributed by atoms with Crippen LogP contribution in [0.3, 0.4) is 0 Å². The molecule has 1 heterocycles. The van der Waals surface area contributed by atoms with Crippen LogP contribution in [0.2, 0.25) is 0 Å². The standard InChI is InChI=1S/C30H43N5O7S2/c1-30(2,3)42-29(39)34-25(28(38)35-16-17-43-20-35)14-7-8-15-32-44(40,41)23-13-9-12-22(19-23)33-27(37)26(36)24(31)18-21-10-5-4-6-11-21/h4-6,9-13,19,24-26,32,36H,7-8,14-18,20,31H2,1-3H3,(H,33,37)(H,34,39). The summed E-state index contributed by atoms with van der Waals surface area (Å²) in [6, 6.07) is 13.3. The van der Waals surface area contributed by atoms with E-state index in [0.717, 1.165) is 11.3 Å². The number of aliphatic hydroxyl groups excluding tert-OH is 1. The molecule has 12 nitrogen and oxygen atoms in total. The summed E-state index contributed by atoms with van der Waals surface area (Å²) >= 11 is 1.64. The Morgan fingerprint density at radius 3 is 2.48 bits per heavy atom. The van der Waals surface area contributed by atoms with Gasteiger partial charge in [-0.1, -0.05) is 36.4 Å². The molecule has 0 radical (unpaired) electrons. The van der Waals surface area contributed by atoms with Crippen molar-refractivity contribution in [2.24, 2.45) is 5.73 Å². The number of aliphatic hydroxyl groups is 1. The summed E-state index contributed by atoms with van der Waals surface area (Å²) in [7, 11) is -3.92. The number of amides is 3. The maximum atomic E-state index is 13.0. The van der Waals surface area contributed by atoms with Gasteiger partial charge in [-0.25, -0.2) is 17.9 Å². The van der Waals surface area contributed by atoms with Crippen LogP contribution in [0, 0.1) is 0 Å². The second kappa shape index (κ2) is 16.2. The lowest BCUT2D eigenvalue weighted by atomic mass is 10.0. The van der Waals surface area contributed by atoms with E-state index < -0.39 is 45.8 Å². The van der Waals surface area contributed by atoms with Crippen LogP contribution in [0.1, 0.15) is 45.6 Å². The SMILES string of the molecule is CC(C)(C)OC(=O)NC(CCCCNS(=O)(=O)c1cccc(NC(=O)C(O)C(N)Cc2ccccc2)c1)C(=O)N1CCSC1. The number of unbranched alkanes of at least 4 members (excludes halogenated alkanes) is 1. The first-order valence-electron chi connectivity index (χ1n) is 14.5. The number of carbonyl (C=O) groups is 3. The number of hydrogen-bond acceptors (Lipinski definition) is 9. The monoisotopic (exact) mass is 649 g/mol. The molecular weight excluding hydrogens is 606 g/mol. The molecular formula is C30H43N5O7S2. The summed E-state index contributed by atoms with van der Waals surface area (Å²) in [4.78, 5) is 39.6. The molecule has 3 amide bonds. The highest BCUT2D eigenvalue weighted by Gasteiger charge is 2.29. The van der Waals surface area contributed by atoms with Crippen molar-refractivity contribution in [3.05, 3.63) is 60.2 Å². The average molecular weight is 650 g/mol. The largest absolute Gasteiger partial charge is 0.444 e. The lowest BCUT2D eigenvalue weighted by Crippen LogP contribution is -2.49. The van der Waals surface area contributed by atoms with E-state index in [1.807, 2.05) is 30.3 Å². The third kappa shape index (κ3) is 11.4. The molecule has 2 aromatic carbocycles. The van der Waals surface area contributed by atoms with E-state index in [9.17, 15) is 27.9 Å². The summed E-state index contributed by atoms with van der Waals surface area (Å²) in [6.07, 6.45) is -0.698. The Hall–Kier alpha value is -3.17. The van der Waals surface area contributed by atoms with Gasteiger partial charge in [-0.15, -0.1) is 11.8 Å². The van der Waals surface area contributed by atoms with Crippen molar-refractivity contribution in [2.75, 3.05) is 30.0 Å². The van der Waals surface area contributed by atoms with E-state index >= 15 is 0 Å². The van der Waals surface area contributed by atoms with Crippen LogP contribution in [0.15, 0.2) is 59.5 Å². The van der Waals surface area contributed by atoms with Crippen molar-refractivity contribution in [2.45, 2.75) is 75.1 Å². The Kier molecular flexibility index (Phi) is 13.0. The number of sulfonamides is 1. The maximum absolute atomic E-state index is 13.0. The molecule has 44 heavy (non-hydrogen) atoms. The zero-order valence-electron chi connectivity index (χ0n) is 25.3. The lowest BCUT2D eigenvalue weighted by Gasteiger charge is -2.26. The van der Waals surface area contributed by atoms with Crippen molar-refractivity contribution >= 4 is 45.4 Å². The van der Waals surface area contributed by atoms with E-state index in [1.165, 1.54) is 24.3 Å². The third-order valence-corrected chi connectivity index (χ3v) is 9.09. The molecule has 1 fully saturated rings.